The van der Waals surface area contributed by atoms with Crippen molar-refractivity contribution in [3.05, 3.63) is 215 Å². The molecule has 7 heteroatoms. The molecule has 0 radical (unpaired) electrons. The molecule has 7 rings (SSSR count). The molecule has 0 amide bonds. The Morgan fingerprint density at radius 2 is 0.491 bits per heavy atom. The van der Waals surface area contributed by atoms with Gasteiger partial charge in [0.15, 0.2) is 0 Å². The van der Waals surface area contributed by atoms with Crippen LogP contribution in [0.4, 0.5) is 0 Å². The number of benzene rings is 7. The van der Waals surface area contributed by atoms with Crippen molar-refractivity contribution in [3.8, 4) is 34.5 Å². The monoisotopic (exact) mass is 774 g/mol. The topological polar surface area (TPSA) is 55.4 Å². The second kappa shape index (κ2) is 20.6. The van der Waals surface area contributed by atoms with E-state index in [2.05, 4.69) is 12.6 Å². The lowest BCUT2D eigenvalue weighted by Gasteiger charge is -2.16. The summed E-state index contributed by atoms with van der Waals surface area (Å²) >= 11 is 4.51. The van der Waals surface area contributed by atoms with E-state index in [1.165, 1.54) is 0 Å². The Balaban J connectivity index is 1.06. The molecule has 6 nitrogen and oxygen atoms in total. The third kappa shape index (κ3) is 12.6. The molecule has 0 aliphatic rings. The molecule has 0 atom stereocenters. The molecule has 0 aliphatic carbocycles. The highest BCUT2D eigenvalue weighted by atomic mass is 32.1. The van der Waals surface area contributed by atoms with Crippen LogP contribution in [0.25, 0.3) is 0 Å². The summed E-state index contributed by atoms with van der Waals surface area (Å²) in [6, 6.07) is 58.3. The molecule has 7 aromatic carbocycles. The summed E-state index contributed by atoms with van der Waals surface area (Å²) in [5.41, 5.74) is 7.24. The molecule has 0 unspecified atom stereocenters. The van der Waals surface area contributed by atoms with E-state index in [0.29, 0.717) is 79.9 Å². The van der Waals surface area contributed by atoms with E-state index in [0.717, 1.165) is 45.4 Å². The number of thiol groups is 1. The molecule has 288 valence electrons. The van der Waals surface area contributed by atoms with Gasteiger partial charge in [-0.05, 0) is 87.5 Å². The predicted octanol–water partition coefficient (Wildman–Crippen LogP) is 11.6. The summed E-state index contributed by atoms with van der Waals surface area (Å²) in [5.74, 6) is 4.90. The highest BCUT2D eigenvalue weighted by Gasteiger charge is 2.11. The Morgan fingerprint density at radius 1 is 0.263 bits per heavy atom. The maximum absolute atomic E-state index is 6.44. The van der Waals surface area contributed by atoms with Crippen LogP contribution in [0.5, 0.6) is 34.5 Å². The summed E-state index contributed by atoms with van der Waals surface area (Å²) in [7, 11) is 0. The number of rotatable bonds is 20. The van der Waals surface area contributed by atoms with Gasteiger partial charge in [-0.15, -0.1) is 0 Å². The fourth-order valence-corrected chi connectivity index (χ4v) is 6.39. The SMILES string of the molecule is SCCc1cc(OCc2cc(OCc3ccccc3)cc(OCc3ccccc3)c2)cc(OCc2cc(OCc3ccccc3)cc(OCc3ccccc3)c2)c1. The van der Waals surface area contributed by atoms with Crippen LogP contribution >= 0.6 is 12.6 Å². The zero-order valence-corrected chi connectivity index (χ0v) is 32.7. The van der Waals surface area contributed by atoms with Crippen molar-refractivity contribution in [3.63, 3.8) is 0 Å². The van der Waals surface area contributed by atoms with Gasteiger partial charge in [-0.2, -0.15) is 12.6 Å². The van der Waals surface area contributed by atoms with Crippen molar-refractivity contribution in [2.75, 3.05) is 5.75 Å². The van der Waals surface area contributed by atoms with Gasteiger partial charge in [-0.1, -0.05) is 121 Å². The van der Waals surface area contributed by atoms with E-state index in [1.807, 2.05) is 176 Å². The first-order chi connectivity index (χ1) is 28.1. The average molecular weight is 775 g/mol. The van der Waals surface area contributed by atoms with Gasteiger partial charge in [0.1, 0.15) is 74.1 Å². The largest absolute Gasteiger partial charge is 0.489 e. The fraction of sp³-hybridized carbons (Fsp3) is 0.160. The summed E-state index contributed by atoms with van der Waals surface area (Å²) in [6.07, 6.45) is 0.761. The van der Waals surface area contributed by atoms with E-state index in [1.54, 1.807) is 0 Å². The lowest BCUT2D eigenvalue weighted by Crippen LogP contribution is -2.03. The lowest BCUT2D eigenvalue weighted by molar-refractivity contribution is 0.276. The van der Waals surface area contributed by atoms with Gasteiger partial charge in [0.25, 0.3) is 0 Å². The van der Waals surface area contributed by atoms with Crippen LogP contribution in [0.1, 0.15) is 38.9 Å². The first-order valence-corrected chi connectivity index (χ1v) is 19.7. The quantitative estimate of drug-likeness (QED) is 0.0779. The number of hydrogen-bond acceptors (Lipinski definition) is 7. The first kappa shape index (κ1) is 38.9. The van der Waals surface area contributed by atoms with Crippen molar-refractivity contribution in [2.45, 2.75) is 46.1 Å². The van der Waals surface area contributed by atoms with Gasteiger partial charge >= 0.3 is 0 Å². The van der Waals surface area contributed by atoms with Gasteiger partial charge in [-0.25, -0.2) is 0 Å². The maximum Gasteiger partial charge on any atom is 0.123 e. The van der Waals surface area contributed by atoms with E-state index >= 15 is 0 Å². The maximum atomic E-state index is 6.44. The molecule has 0 aromatic heterocycles. The van der Waals surface area contributed by atoms with E-state index in [9.17, 15) is 0 Å². The second-order valence-electron chi connectivity index (χ2n) is 13.6. The molecule has 57 heavy (non-hydrogen) atoms. The van der Waals surface area contributed by atoms with Crippen LogP contribution in [0.3, 0.4) is 0 Å². The number of hydrogen-bond donors (Lipinski definition) is 1. The van der Waals surface area contributed by atoms with Crippen LogP contribution in [0.15, 0.2) is 176 Å². The van der Waals surface area contributed by atoms with Crippen molar-refractivity contribution < 1.29 is 28.4 Å². The Kier molecular flexibility index (Phi) is 14.0. The molecule has 0 fully saturated rings. The molecule has 0 heterocycles. The van der Waals surface area contributed by atoms with Gasteiger partial charge in [0, 0.05) is 18.2 Å². The Morgan fingerprint density at radius 3 is 0.737 bits per heavy atom. The van der Waals surface area contributed by atoms with Crippen molar-refractivity contribution >= 4 is 12.6 Å². The van der Waals surface area contributed by atoms with Crippen molar-refractivity contribution in [1.82, 2.24) is 0 Å². The van der Waals surface area contributed by atoms with Crippen molar-refractivity contribution in [2.24, 2.45) is 0 Å². The minimum atomic E-state index is 0.302. The van der Waals surface area contributed by atoms with Crippen LogP contribution in [0, 0.1) is 0 Å². The highest BCUT2D eigenvalue weighted by molar-refractivity contribution is 7.80. The molecular formula is C50H46O6S. The summed E-state index contributed by atoms with van der Waals surface area (Å²) in [5, 5.41) is 0. The number of ether oxygens (including phenoxy) is 6. The van der Waals surface area contributed by atoms with E-state index in [-0.39, 0.29) is 0 Å². The summed E-state index contributed by atoms with van der Waals surface area (Å²) < 4.78 is 37.8. The van der Waals surface area contributed by atoms with E-state index < -0.39 is 0 Å². The fourth-order valence-electron chi connectivity index (χ4n) is 6.13. The smallest absolute Gasteiger partial charge is 0.123 e. The standard InChI is InChI=1S/C50H46O6S/c57-22-21-42-23-45(55-36-43-25-47(51-32-38-13-5-1-6-14-38)30-48(26-43)52-33-39-15-7-2-8-16-39)29-46(24-42)56-37-44-27-49(53-34-40-17-9-3-10-18-40)31-50(28-44)54-35-41-19-11-4-12-20-41/h1-20,23-31,57H,21-22,32-37H2. The third-order valence-corrected chi connectivity index (χ3v) is 9.25. The molecular weight excluding hydrogens is 729 g/mol. The van der Waals surface area contributed by atoms with Gasteiger partial charge in [0.05, 0.1) is 0 Å². The highest BCUT2D eigenvalue weighted by Crippen LogP contribution is 2.30. The lowest BCUT2D eigenvalue weighted by atomic mass is 10.1. The minimum absolute atomic E-state index is 0.302. The normalized spacial score (nSPS) is 10.8. The van der Waals surface area contributed by atoms with Crippen LogP contribution in [-0.2, 0) is 46.1 Å². The summed E-state index contributed by atoms with van der Waals surface area (Å²) in [6.45, 7) is 2.38. The van der Waals surface area contributed by atoms with Crippen LogP contribution in [0.2, 0.25) is 0 Å². The van der Waals surface area contributed by atoms with Crippen molar-refractivity contribution in [1.29, 1.82) is 0 Å². The number of aryl methyl sites for hydroxylation is 1. The Labute approximate surface area is 341 Å². The van der Waals surface area contributed by atoms with E-state index in [4.69, 9.17) is 28.4 Å². The average Bonchev–Trinajstić information content (AvgIpc) is 3.26. The van der Waals surface area contributed by atoms with Gasteiger partial charge < -0.3 is 28.4 Å². The zero-order chi connectivity index (χ0) is 38.9. The van der Waals surface area contributed by atoms with Gasteiger partial charge in [-0.3, -0.25) is 0 Å². The molecule has 0 aliphatic heterocycles. The second-order valence-corrected chi connectivity index (χ2v) is 14.0. The Bertz CT molecular complexity index is 1990. The predicted molar refractivity (Wildman–Crippen MR) is 229 cm³/mol. The van der Waals surface area contributed by atoms with Gasteiger partial charge in [0.2, 0.25) is 0 Å². The van der Waals surface area contributed by atoms with Crippen LogP contribution in [-0.4, -0.2) is 5.75 Å². The molecule has 0 spiro atoms. The molecule has 0 saturated carbocycles. The minimum Gasteiger partial charge on any atom is -0.489 e. The van der Waals surface area contributed by atoms with Crippen LogP contribution < -0.4 is 28.4 Å². The zero-order valence-electron chi connectivity index (χ0n) is 31.8. The Hall–Kier alpha value is -6.31. The molecule has 0 saturated heterocycles. The summed E-state index contributed by atoms with van der Waals surface area (Å²) in [4.78, 5) is 0. The molecule has 7 aromatic rings. The third-order valence-electron chi connectivity index (χ3n) is 9.02. The molecule has 0 N–H and O–H groups in total. The first-order valence-electron chi connectivity index (χ1n) is 19.1. The molecule has 0 bridgehead atoms.